The monoisotopic (exact) mass is 482 g/mol. The number of ether oxygens (including phenoxy) is 2. The van der Waals surface area contributed by atoms with Crippen molar-refractivity contribution in [3.8, 4) is 11.5 Å². The Hall–Kier alpha value is -2.10. The van der Waals surface area contributed by atoms with Crippen LogP contribution in [0.5, 0.6) is 11.5 Å². The molecule has 0 aromatic heterocycles. The number of rotatable bonds is 6. The first-order valence-electron chi connectivity index (χ1n) is 9.13. The minimum Gasteiger partial charge on any atom is -0.493 e. The molecule has 1 saturated heterocycles. The number of anilines is 1. The first-order valence-corrected chi connectivity index (χ1v) is 11.4. The molecule has 9 heteroatoms. The van der Waals surface area contributed by atoms with Gasteiger partial charge in [-0.15, -0.1) is 0 Å². The van der Waals surface area contributed by atoms with Crippen LogP contribution >= 0.6 is 15.9 Å². The predicted octanol–water partition coefficient (Wildman–Crippen LogP) is 3.51. The fourth-order valence-corrected chi connectivity index (χ4v) is 5.25. The van der Waals surface area contributed by atoms with Gasteiger partial charge in [0, 0.05) is 29.3 Å². The van der Waals surface area contributed by atoms with Crippen molar-refractivity contribution in [2.45, 2.75) is 17.7 Å². The van der Waals surface area contributed by atoms with Crippen LogP contribution in [0.3, 0.4) is 0 Å². The third-order valence-electron chi connectivity index (χ3n) is 4.84. The lowest BCUT2D eigenvalue weighted by Gasteiger charge is -2.31. The molecule has 2 aromatic carbocycles. The molecule has 0 spiro atoms. The average molecular weight is 483 g/mol. The summed E-state index contributed by atoms with van der Waals surface area (Å²) in [6, 6.07) is 11.8. The van der Waals surface area contributed by atoms with E-state index in [0.29, 0.717) is 36.6 Å². The van der Waals surface area contributed by atoms with Crippen molar-refractivity contribution in [3.05, 3.63) is 46.9 Å². The molecule has 2 aromatic rings. The summed E-state index contributed by atoms with van der Waals surface area (Å²) in [5.74, 6) is 0.193. The Kier molecular flexibility index (Phi) is 6.81. The normalized spacial score (nSPS) is 17.6. The smallest absolute Gasteiger partial charge is 0.243 e. The molecule has 156 valence electrons. The third-order valence-corrected chi connectivity index (χ3v) is 7.19. The maximum absolute atomic E-state index is 13.1. The van der Waals surface area contributed by atoms with E-state index in [4.69, 9.17) is 9.47 Å². The van der Waals surface area contributed by atoms with Crippen LogP contribution in [-0.4, -0.2) is 45.9 Å². The lowest BCUT2D eigenvalue weighted by Crippen LogP contribution is -2.43. The van der Waals surface area contributed by atoms with Gasteiger partial charge in [-0.05, 0) is 43.2 Å². The number of piperidine rings is 1. The lowest BCUT2D eigenvalue weighted by molar-refractivity contribution is -0.120. The second-order valence-corrected chi connectivity index (χ2v) is 9.57. The summed E-state index contributed by atoms with van der Waals surface area (Å²) in [5.41, 5.74) is 0.671. The van der Waals surface area contributed by atoms with Gasteiger partial charge < -0.3 is 14.8 Å². The molecule has 1 aliphatic rings. The quantitative estimate of drug-likeness (QED) is 0.680. The highest BCUT2D eigenvalue weighted by Gasteiger charge is 2.33. The molecule has 1 N–H and O–H groups in total. The molecule has 0 saturated carbocycles. The van der Waals surface area contributed by atoms with Crippen molar-refractivity contribution < 1.29 is 22.7 Å². The maximum atomic E-state index is 13.1. The highest BCUT2D eigenvalue weighted by molar-refractivity contribution is 9.10. The number of benzene rings is 2. The molecule has 0 unspecified atom stereocenters. The Morgan fingerprint density at radius 1 is 1.14 bits per heavy atom. The summed E-state index contributed by atoms with van der Waals surface area (Å²) in [5, 5.41) is 2.87. The summed E-state index contributed by atoms with van der Waals surface area (Å²) in [7, 11) is -0.808. The van der Waals surface area contributed by atoms with Gasteiger partial charge in [0.2, 0.25) is 15.9 Å². The molecule has 1 aliphatic heterocycles. The molecule has 1 heterocycles. The van der Waals surface area contributed by atoms with Crippen LogP contribution in [0.1, 0.15) is 12.8 Å². The Balaban J connectivity index is 1.76. The Morgan fingerprint density at radius 2 is 1.90 bits per heavy atom. The van der Waals surface area contributed by atoms with Crippen LogP contribution in [0, 0.1) is 5.92 Å². The van der Waals surface area contributed by atoms with Gasteiger partial charge >= 0.3 is 0 Å². The van der Waals surface area contributed by atoms with Crippen molar-refractivity contribution in [2.24, 2.45) is 5.92 Å². The highest BCUT2D eigenvalue weighted by Crippen LogP contribution is 2.32. The minimum absolute atomic E-state index is 0.114. The molecule has 1 amide bonds. The van der Waals surface area contributed by atoms with E-state index in [2.05, 4.69) is 21.2 Å². The molecule has 1 fully saturated rings. The van der Waals surface area contributed by atoms with Crippen LogP contribution in [0.4, 0.5) is 5.69 Å². The molecular formula is C20H23BrN2O5S. The second kappa shape index (κ2) is 9.15. The van der Waals surface area contributed by atoms with E-state index >= 15 is 0 Å². The van der Waals surface area contributed by atoms with Crippen LogP contribution < -0.4 is 14.8 Å². The van der Waals surface area contributed by atoms with Gasteiger partial charge in [0.25, 0.3) is 0 Å². The van der Waals surface area contributed by atoms with E-state index in [0.717, 1.165) is 4.47 Å². The second-order valence-electron chi connectivity index (χ2n) is 6.72. The van der Waals surface area contributed by atoms with E-state index in [9.17, 15) is 13.2 Å². The fraction of sp³-hybridized carbons (Fsp3) is 0.350. The van der Waals surface area contributed by atoms with Gasteiger partial charge in [0.1, 0.15) is 0 Å². The number of carbonyl (C=O) groups is 1. The number of nitrogens with one attached hydrogen (secondary N) is 1. The molecule has 7 nitrogen and oxygen atoms in total. The van der Waals surface area contributed by atoms with Crippen molar-refractivity contribution >= 4 is 37.5 Å². The van der Waals surface area contributed by atoms with E-state index in [1.807, 2.05) is 12.1 Å². The van der Waals surface area contributed by atoms with E-state index < -0.39 is 15.9 Å². The van der Waals surface area contributed by atoms with E-state index in [1.165, 1.54) is 30.7 Å². The Labute approximate surface area is 179 Å². The number of sulfonamides is 1. The van der Waals surface area contributed by atoms with E-state index in [1.54, 1.807) is 18.2 Å². The van der Waals surface area contributed by atoms with Crippen LogP contribution in [0.25, 0.3) is 0 Å². The van der Waals surface area contributed by atoms with Gasteiger partial charge in [-0.3, -0.25) is 4.79 Å². The Morgan fingerprint density at radius 3 is 2.59 bits per heavy atom. The Bertz CT molecular complexity index is 996. The number of methoxy groups -OCH3 is 2. The lowest BCUT2D eigenvalue weighted by atomic mass is 9.99. The molecule has 0 bridgehead atoms. The zero-order valence-electron chi connectivity index (χ0n) is 16.2. The van der Waals surface area contributed by atoms with Crippen LogP contribution in [0.15, 0.2) is 51.8 Å². The molecule has 0 aliphatic carbocycles. The number of hydrogen-bond acceptors (Lipinski definition) is 5. The molecule has 3 rings (SSSR count). The standard InChI is InChI=1S/C20H23BrN2O5S/c1-27-18-9-8-17(12-19(18)28-2)29(25,26)23-10-4-5-14(13-23)20(24)22-16-7-3-6-15(21)11-16/h3,6-9,11-12,14H,4-5,10,13H2,1-2H3,(H,22,24)/t14-/m0/s1. The number of carbonyl (C=O) groups excluding carboxylic acids is 1. The largest absolute Gasteiger partial charge is 0.493 e. The van der Waals surface area contributed by atoms with Crippen molar-refractivity contribution in [1.29, 1.82) is 0 Å². The van der Waals surface area contributed by atoms with Crippen molar-refractivity contribution in [1.82, 2.24) is 4.31 Å². The van der Waals surface area contributed by atoms with Gasteiger partial charge in [-0.2, -0.15) is 4.31 Å². The maximum Gasteiger partial charge on any atom is 0.243 e. The zero-order chi connectivity index (χ0) is 21.0. The minimum atomic E-state index is -3.76. The number of hydrogen-bond donors (Lipinski definition) is 1. The van der Waals surface area contributed by atoms with E-state index in [-0.39, 0.29) is 17.3 Å². The molecule has 1 atom stereocenters. The summed E-state index contributed by atoms with van der Waals surface area (Å²) in [6.45, 7) is 0.508. The topological polar surface area (TPSA) is 84.9 Å². The third kappa shape index (κ3) is 4.91. The predicted molar refractivity (Wildman–Crippen MR) is 114 cm³/mol. The first-order chi connectivity index (χ1) is 13.8. The molecule has 0 radical (unpaired) electrons. The van der Waals surface area contributed by atoms with Crippen LogP contribution in [-0.2, 0) is 14.8 Å². The first kappa shape index (κ1) is 21.6. The summed E-state index contributed by atoms with van der Waals surface area (Å²) >= 11 is 3.37. The number of nitrogens with zero attached hydrogens (tertiary/aromatic N) is 1. The fourth-order valence-electron chi connectivity index (χ4n) is 3.31. The summed E-state index contributed by atoms with van der Waals surface area (Å²) in [6.07, 6.45) is 1.25. The zero-order valence-corrected chi connectivity index (χ0v) is 18.6. The molecule has 29 heavy (non-hydrogen) atoms. The summed E-state index contributed by atoms with van der Waals surface area (Å²) in [4.78, 5) is 12.8. The average Bonchev–Trinajstić information content (AvgIpc) is 2.73. The van der Waals surface area contributed by atoms with Crippen LogP contribution in [0.2, 0.25) is 0 Å². The van der Waals surface area contributed by atoms with Crippen molar-refractivity contribution in [2.75, 3.05) is 32.6 Å². The van der Waals surface area contributed by atoms with Gasteiger partial charge in [-0.25, -0.2) is 8.42 Å². The highest BCUT2D eigenvalue weighted by atomic mass is 79.9. The molecular weight excluding hydrogens is 460 g/mol. The number of amides is 1. The summed E-state index contributed by atoms with van der Waals surface area (Å²) < 4.78 is 38.8. The van der Waals surface area contributed by atoms with Gasteiger partial charge in [-0.1, -0.05) is 22.0 Å². The SMILES string of the molecule is COc1ccc(S(=O)(=O)N2CCC[C@H](C(=O)Nc3cccc(Br)c3)C2)cc1OC. The number of halogens is 1. The van der Waals surface area contributed by atoms with Gasteiger partial charge in [0.15, 0.2) is 11.5 Å². The van der Waals surface area contributed by atoms with Gasteiger partial charge in [0.05, 0.1) is 25.0 Å². The van der Waals surface area contributed by atoms with Crippen molar-refractivity contribution in [3.63, 3.8) is 0 Å².